The highest BCUT2D eigenvalue weighted by atomic mass is 16.5. The van der Waals surface area contributed by atoms with E-state index in [2.05, 4.69) is 10.1 Å². The number of hydrogen-bond acceptors (Lipinski definition) is 5. The van der Waals surface area contributed by atoms with Crippen LogP contribution in [0.1, 0.15) is 18.4 Å². The number of ether oxygens (including phenoxy) is 1. The molecule has 1 atom stereocenters. The Morgan fingerprint density at radius 1 is 1.19 bits per heavy atom. The molecule has 0 spiro atoms. The largest absolute Gasteiger partial charge is 0.481 e. The summed E-state index contributed by atoms with van der Waals surface area (Å²) in [6, 6.07) is 17.2. The Balaban J connectivity index is 1.61. The maximum Gasteiger partial charge on any atom is 0.263 e. The third-order valence-corrected chi connectivity index (χ3v) is 3.90. The number of rotatable bonds is 6. The van der Waals surface area contributed by atoms with Crippen LogP contribution in [0.4, 0.5) is 0 Å². The Labute approximate surface area is 152 Å². The fourth-order valence-electron chi connectivity index (χ4n) is 2.56. The molecule has 6 heteroatoms. The summed E-state index contributed by atoms with van der Waals surface area (Å²) in [5.74, 6) is 1.39. The van der Waals surface area contributed by atoms with E-state index in [1.54, 1.807) is 14.0 Å². The molecule has 0 radical (unpaired) electrons. The lowest BCUT2D eigenvalue weighted by Gasteiger charge is -2.20. The first-order valence-corrected chi connectivity index (χ1v) is 8.39. The van der Waals surface area contributed by atoms with Crippen LogP contribution < -0.4 is 4.74 Å². The SMILES string of the molecule is Cc1cccc(O[C@@H](C)C(=O)N(C)Cc2nc(-c3ccccc3)no2)c1. The summed E-state index contributed by atoms with van der Waals surface area (Å²) >= 11 is 0. The first-order chi connectivity index (χ1) is 12.5. The lowest BCUT2D eigenvalue weighted by molar-refractivity contribution is -0.137. The molecule has 1 heterocycles. The Kier molecular flexibility index (Phi) is 5.31. The smallest absolute Gasteiger partial charge is 0.263 e. The molecule has 1 aromatic heterocycles. The van der Waals surface area contributed by atoms with E-state index in [9.17, 15) is 4.79 Å². The lowest BCUT2D eigenvalue weighted by Crippen LogP contribution is -2.37. The highest BCUT2D eigenvalue weighted by Crippen LogP contribution is 2.17. The Hall–Kier alpha value is -3.15. The molecule has 0 fully saturated rings. The van der Waals surface area contributed by atoms with Gasteiger partial charge in [-0.05, 0) is 31.5 Å². The number of aryl methyl sites for hydroxylation is 1. The van der Waals surface area contributed by atoms with Crippen molar-refractivity contribution in [3.8, 4) is 17.1 Å². The standard InChI is InChI=1S/C20H21N3O3/c1-14-8-7-11-17(12-14)25-15(2)20(24)23(3)13-18-21-19(22-26-18)16-9-5-4-6-10-16/h4-12,15H,13H2,1-3H3/t15-/m0/s1. The molecule has 0 aliphatic rings. The number of aromatic nitrogens is 2. The van der Waals surface area contributed by atoms with E-state index >= 15 is 0 Å². The third kappa shape index (κ3) is 4.27. The van der Waals surface area contributed by atoms with Crippen molar-refractivity contribution in [3.05, 3.63) is 66.1 Å². The molecule has 6 nitrogen and oxygen atoms in total. The van der Waals surface area contributed by atoms with Crippen LogP contribution in [0.2, 0.25) is 0 Å². The molecule has 0 aliphatic heterocycles. The fourth-order valence-corrected chi connectivity index (χ4v) is 2.56. The van der Waals surface area contributed by atoms with Crippen LogP contribution in [0.5, 0.6) is 5.75 Å². The number of hydrogen-bond donors (Lipinski definition) is 0. The first-order valence-electron chi connectivity index (χ1n) is 8.39. The number of benzene rings is 2. The second-order valence-electron chi connectivity index (χ2n) is 6.15. The van der Waals surface area contributed by atoms with Gasteiger partial charge in [-0.15, -0.1) is 0 Å². The predicted octanol–water partition coefficient (Wildman–Crippen LogP) is 3.47. The van der Waals surface area contributed by atoms with Crippen molar-refractivity contribution in [2.75, 3.05) is 7.05 Å². The molecule has 134 valence electrons. The highest BCUT2D eigenvalue weighted by Gasteiger charge is 2.21. The van der Waals surface area contributed by atoms with Gasteiger partial charge >= 0.3 is 0 Å². The van der Waals surface area contributed by atoms with E-state index in [0.717, 1.165) is 11.1 Å². The average molecular weight is 351 g/mol. The van der Waals surface area contributed by atoms with Gasteiger partial charge < -0.3 is 14.2 Å². The van der Waals surface area contributed by atoms with Gasteiger partial charge in [0.25, 0.3) is 5.91 Å². The summed E-state index contributed by atoms with van der Waals surface area (Å²) in [4.78, 5) is 18.4. The average Bonchev–Trinajstić information content (AvgIpc) is 3.10. The molecular weight excluding hydrogens is 330 g/mol. The quantitative estimate of drug-likeness (QED) is 0.680. The number of carbonyl (C=O) groups excluding carboxylic acids is 1. The minimum absolute atomic E-state index is 0.161. The van der Waals surface area contributed by atoms with Gasteiger partial charge in [-0.3, -0.25) is 4.79 Å². The number of likely N-dealkylation sites (N-methyl/N-ethyl adjacent to an activating group) is 1. The van der Waals surface area contributed by atoms with Crippen molar-refractivity contribution < 1.29 is 14.1 Å². The van der Waals surface area contributed by atoms with E-state index < -0.39 is 6.10 Å². The summed E-state index contributed by atoms with van der Waals surface area (Å²) in [6.45, 7) is 3.93. The van der Waals surface area contributed by atoms with Gasteiger partial charge in [0.15, 0.2) is 6.10 Å². The molecule has 26 heavy (non-hydrogen) atoms. The van der Waals surface area contributed by atoms with E-state index in [1.165, 1.54) is 4.90 Å². The highest BCUT2D eigenvalue weighted by molar-refractivity contribution is 5.80. The van der Waals surface area contributed by atoms with Crippen LogP contribution in [0.3, 0.4) is 0 Å². The minimum atomic E-state index is -0.613. The zero-order valence-corrected chi connectivity index (χ0v) is 15.0. The summed E-state index contributed by atoms with van der Waals surface area (Å²) in [6.07, 6.45) is -0.613. The molecule has 0 bridgehead atoms. The van der Waals surface area contributed by atoms with E-state index in [4.69, 9.17) is 9.26 Å². The molecule has 1 amide bonds. The Morgan fingerprint density at radius 2 is 1.96 bits per heavy atom. The lowest BCUT2D eigenvalue weighted by atomic mass is 10.2. The van der Waals surface area contributed by atoms with Crippen molar-refractivity contribution in [1.82, 2.24) is 15.0 Å². The zero-order valence-electron chi connectivity index (χ0n) is 15.0. The second kappa shape index (κ2) is 7.82. The van der Waals surface area contributed by atoms with Crippen LogP contribution in [-0.4, -0.2) is 34.1 Å². The predicted molar refractivity (Wildman–Crippen MR) is 97.5 cm³/mol. The fraction of sp³-hybridized carbons (Fsp3) is 0.250. The van der Waals surface area contributed by atoms with Gasteiger partial charge in [0.1, 0.15) is 5.75 Å². The third-order valence-electron chi connectivity index (χ3n) is 3.90. The van der Waals surface area contributed by atoms with Crippen LogP contribution in [-0.2, 0) is 11.3 Å². The summed E-state index contributed by atoms with van der Waals surface area (Å²) in [7, 11) is 1.69. The molecule has 0 saturated heterocycles. The molecule has 3 rings (SSSR count). The van der Waals surface area contributed by atoms with Crippen molar-refractivity contribution in [3.63, 3.8) is 0 Å². The molecule has 3 aromatic rings. The molecule has 0 N–H and O–H groups in total. The number of amides is 1. The summed E-state index contributed by atoms with van der Waals surface area (Å²) in [5.41, 5.74) is 1.95. The van der Waals surface area contributed by atoms with E-state index in [0.29, 0.717) is 17.5 Å². The summed E-state index contributed by atoms with van der Waals surface area (Å²) in [5, 5.41) is 3.97. The number of carbonyl (C=O) groups is 1. The van der Waals surface area contributed by atoms with Crippen molar-refractivity contribution in [1.29, 1.82) is 0 Å². The topological polar surface area (TPSA) is 68.5 Å². The molecular formula is C20H21N3O3. The van der Waals surface area contributed by atoms with Crippen LogP contribution in [0, 0.1) is 6.92 Å². The Morgan fingerprint density at radius 3 is 2.69 bits per heavy atom. The zero-order chi connectivity index (χ0) is 18.5. The van der Waals surface area contributed by atoms with Gasteiger partial charge in [-0.25, -0.2) is 0 Å². The van der Waals surface area contributed by atoms with Crippen LogP contribution in [0.15, 0.2) is 59.1 Å². The maximum atomic E-state index is 12.5. The van der Waals surface area contributed by atoms with Gasteiger partial charge in [0.05, 0.1) is 6.54 Å². The van der Waals surface area contributed by atoms with Crippen LogP contribution >= 0.6 is 0 Å². The molecule has 0 saturated carbocycles. The van der Waals surface area contributed by atoms with Gasteiger partial charge in [0.2, 0.25) is 11.7 Å². The van der Waals surface area contributed by atoms with Crippen molar-refractivity contribution in [2.24, 2.45) is 0 Å². The Bertz CT molecular complexity index is 877. The van der Waals surface area contributed by atoms with Crippen molar-refractivity contribution in [2.45, 2.75) is 26.5 Å². The second-order valence-corrected chi connectivity index (χ2v) is 6.15. The first kappa shape index (κ1) is 17.7. The van der Waals surface area contributed by atoms with E-state index in [1.807, 2.05) is 61.5 Å². The van der Waals surface area contributed by atoms with Crippen molar-refractivity contribution >= 4 is 5.91 Å². The van der Waals surface area contributed by atoms with Gasteiger partial charge in [-0.1, -0.05) is 47.6 Å². The van der Waals surface area contributed by atoms with E-state index in [-0.39, 0.29) is 12.5 Å². The maximum absolute atomic E-state index is 12.5. The van der Waals surface area contributed by atoms with Crippen LogP contribution in [0.25, 0.3) is 11.4 Å². The normalized spacial score (nSPS) is 11.8. The molecule has 2 aromatic carbocycles. The minimum Gasteiger partial charge on any atom is -0.481 e. The molecule has 0 aliphatic carbocycles. The van der Waals surface area contributed by atoms with Gasteiger partial charge in [-0.2, -0.15) is 4.98 Å². The number of nitrogens with zero attached hydrogens (tertiary/aromatic N) is 3. The van der Waals surface area contributed by atoms with Gasteiger partial charge in [0, 0.05) is 12.6 Å². The molecule has 0 unspecified atom stereocenters. The monoisotopic (exact) mass is 351 g/mol. The summed E-state index contributed by atoms with van der Waals surface area (Å²) < 4.78 is 11.0.